The van der Waals surface area contributed by atoms with Crippen LogP contribution in [0.15, 0.2) is 0 Å². The highest BCUT2D eigenvalue weighted by atomic mass is 32.3. The third-order valence-electron chi connectivity index (χ3n) is 2.30. The van der Waals surface area contributed by atoms with E-state index >= 15 is 0 Å². The Hall–Kier alpha value is 0.230. The number of hydrogen-bond donors (Lipinski definition) is 2. The molecular weight excluding hydrogens is 174 g/mol. The summed E-state index contributed by atoms with van der Waals surface area (Å²) in [5.74, 6) is 1.16. The topological polar surface area (TPSA) is 43.7 Å². The van der Waals surface area contributed by atoms with Gasteiger partial charge >= 0.3 is 0 Å². The minimum Gasteiger partial charge on any atom is -0.300 e. The normalized spacial score (nSPS) is 26.9. The van der Waals surface area contributed by atoms with Gasteiger partial charge in [0, 0.05) is 13.1 Å². The van der Waals surface area contributed by atoms with Gasteiger partial charge < -0.3 is 4.90 Å². The minimum absolute atomic E-state index is 0.580. The molecule has 0 spiro atoms. The number of unbranched alkanes of at least 4 members (excludes halogenated alkanes) is 1. The van der Waals surface area contributed by atoms with Gasteiger partial charge in [-0.25, -0.2) is 0 Å². The molecule has 2 N–H and O–H groups in total. The molecule has 0 aliphatic carbocycles. The molecule has 4 heteroatoms. The summed E-state index contributed by atoms with van der Waals surface area (Å²) in [5, 5.41) is 0. The van der Waals surface area contributed by atoms with E-state index < -0.39 is 10.6 Å². The van der Waals surface area contributed by atoms with Gasteiger partial charge in [0.15, 0.2) is 0 Å². The Labute approximate surface area is 76.1 Å². The Morgan fingerprint density at radius 2 is 1.83 bits per heavy atom. The zero-order valence-corrected chi connectivity index (χ0v) is 8.52. The van der Waals surface area contributed by atoms with Crippen LogP contribution in [-0.4, -0.2) is 45.1 Å². The van der Waals surface area contributed by atoms with E-state index in [4.69, 9.17) is 0 Å². The molecule has 0 aromatic rings. The third kappa shape index (κ3) is 3.31. The molecule has 1 saturated heterocycles. The van der Waals surface area contributed by atoms with Crippen molar-refractivity contribution in [2.75, 3.05) is 31.1 Å². The quantitative estimate of drug-likeness (QED) is 0.719. The van der Waals surface area contributed by atoms with Gasteiger partial charge in [0.1, 0.15) is 0 Å². The minimum atomic E-state index is -2.18. The molecule has 0 saturated carbocycles. The summed E-state index contributed by atoms with van der Waals surface area (Å²) in [6.45, 7) is 5.02. The van der Waals surface area contributed by atoms with Crippen LogP contribution in [0.2, 0.25) is 0 Å². The highest BCUT2D eigenvalue weighted by Crippen LogP contribution is 2.40. The zero-order valence-electron chi connectivity index (χ0n) is 7.70. The molecule has 0 bridgehead atoms. The molecule has 1 heterocycles. The summed E-state index contributed by atoms with van der Waals surface area (Å²) in [4.78, 5) is 2.32. The van der Waals surface area contributed by atoms with Crippen LogP contribution in [0.25, 0.3) is 0 Å². The molecular formula is C8H19NO2S. The molecule has 1 fully saturated rings. The largest absolute Gasteiger partial charge is 0.300 e. The van der Waals surface area contributed by atoms with E-state index in [-0.39, 0.29) is 0 Å². The predicted molar refractivity (Wildman–Crippen MR) is 53.9 cm³/mol. The predicted octanol–water partition coefficient (Wildman–Crippen LogP) is 1.85. The maximum Gasteiger partial charge on any atom is 0.0502 e. The molecule has 0 atom stereocenters. The summed E-state index contributed by atoms with van der Waals surface area (Å²) in [6.07, 6.45) is 2.44. The van der Waals surface area contributed by atoms with Crippen molar-refractivity contribution in [3.05, 3.63) is 0 Å². The van der Waals surface area contributed by atoms with Gasteiger partial charge in [0.2, 0.25) is 0 Å². The van der Waals surface area contributed by atoms with Crippen LogP contribution >= 0.6 is 10.6 Å². The van der Waals surface area contributed by atoms with Crippen molar-refractivity contribution in [2.45, 2.75) is 19.8 Å². The second kappa shape index (κ2) is 4.46. The Balaban J connectivity index is 2.18. The van der Waals surface area contributed by atoms with Crippen LogP contribution < -0.4 is 0 Å². The lowest BCUT2D eigenvalue weighted by atomic mass is 10.3. The third-order valence-corrected chi connectivity index (χ3v) is 3.97. The maximum absolute atomic E-state index is 9.33. The average Bonchev–Trinajstić information content (AvgIpc) is 2.03. The molecule has 0 aromatic carbocycles. The van der Waals surface area contributed by atoms with Crippen molar-refractivity contribution in [3.63, 3.8) is 0 Å². The highest BCUT2D eigenvalue weighted by molar-refractivity contribution is 8.24. The van der Waals surface area contributed by atoms with Gasteiger partial charge in [0.05, 0.1) is 11.5 Å². The number of rotatable bonds is 3. The molecule has 0 unspecified atom stereocenters. The van der Waals surface area contributed by atoms with Crippen LogP contribution in [0.3, 0.4) is 0 Å². The lowest BCUT2D eigenvalue weighted by molar-refractivity contribution is 0.281. The van der Waals surface area contributed by atoms with Crippen molar-refractivity contribution in [2.24, 2.45) is 0 Å². The van der Waals surface area contributed by atoms with Crippen molar-refractivity contribution < 1.29 is 9.11 Å². The fraction of sp³-hybridized carbons (Fsp3) is 1.00. The van der Waals surface area contributed by atoms with E-state index in [2.05, 4.69) is 11.8 Å². The van der Waals surface area contributed by atoms with Crippen LogP contribution in [0.4, 0.5) is 0 Å². The maximum atomic E-state index is 9.33. The first kappa shape index (κ1) is 10.3. The van der Waals surface area contributed by atoms with Gasteiger partial charge in [-0.15, -0.1) is 0 Å². The average molecular weight is 193 g/mol. The van der Waals surface area contributed by atoms with Crippen molar-refractivity contribution in [1.29, 1.82) is 0 Å². The van der Waals surface area contributed by atoms with E-state index in [0.29, 0.717) is 11.5 Å². The fourth-order valence-electron chi connectivity index (χ4n) is 1.37. The van der Waals surface area contributed by atoms with Crippen molar-refractivity contribution in [1.82, 2.24) is 4.90 Å². The van der Waals surface area contributed by atoms with E-state index in [1.807, 2.05) is 0 Å². The van der Waals surface area contributed by atoms with Crippen molar-refractivity contribution in [3.8, 4) is 0 Å². The van der Waals surface area contributed by atoms with Crippen LogP contribution in [0.1, 0.15) is 19.8 Å². The first-order valence-electron chi connectivity index (χ1n) is 4.60. The summed E-state index contributed by atoms with van der Waals surface area (Å²) < 4.78 is 18.7. The van der Waals surface area contributed by atoms with Gasteiger partial charge in [-0.2, -0.15) is 10.6 Å². The molecule has 1 rings (SSSR count). The van der Waals surface area contributed by atoms with Crippen molar-refractivity contribution >= 4 is 10.6 Å². The van der Waals surface area contributed by atoms with Gasteiger partial charge in [-0.1, -0.05) is 13.3 Å². The van der Waals surface area contributed by atoms with Gasteiger partial charge in [-0.05, 0) is 13.0 Å². The van der Waals surface area contributed by atoms with Crippen LogP contribution in [-0.2, 0) is 0 Å². The van der Waals surface area contributed by atoms with Crippen LogP contribution in [0.5, 0.6) is 0 Å². The molecule has 1 aliphatic rings. The molecule has 12 heavy (non-hydrogen) atoms. The zero-order chi connectivity index (χ0) is 9.03. The molecule has 0 aromatic heterocycles. The van der Waals surface area contributed by atoms with Crippen LogP contribution in [0, 0.1) is 0 Å². The standard InChI is InChI=1S/C8H19NO2S/c1-2-3-4-9-5-7-12(10,11)8-6-9/h10-11H,2-8H2,1H3. The Kier molecular flexibility index (Phi) is 3.83. The van der Waals surface area contributed by atoms with Gasteiger partial charge in [-0.3, -0.25) is 9.11 Å². The smallest absolute Gasteiger partial charge is 0.0502 e. The van der Waals surface area contributed by atoms with E-state index in [1.165, 1.54) is 12.8 Å². The molecule has 74 valence electrons. The molecule has 1 aliphatic heterocycles. The summed E-state index contributed by atoms with van der Waals surface area (Å²) in [6, 6.07) is 0. The van der Waals surface area contributed by atoms with E-state index in [1.54, 1.807) is 0 Å². The Morgan fingerprint density at radius 1 is 1.25 bits per heavy atom. The second-order valence-corrected chi connectivity index (χ2v) is 5.83. The first-order chi connectivity index (χ1) is 5.64. The van der Waals surface area contributed by atoms with E-state index in [9.17, 15) is 9.11 Å². The Morgan fingerprint density at radius 3 is 2.33 bits per heavy atom. The molecule has 0 radical (unpaired) electrons. The Bertz CT molecular complexity index is 131. The lowest BCUT2D eigenvalue weighted by Gasteiger charge is -2.40. The first-order valence-corrected chi connectivity index (χ1v) is 6.48. The fourth-order valence-corrected chi connectivity index (χ4v) is 2.68. The monoisotopic (exact) mass is 193 g/mol. The molecule has 3 nitrogen and oxygen atoms in total. The summed E-state index contributed by atoms with van der Waals surface area (Å²) in [5.41, 5.74) is 0. The van der Waals surface area contributed by atoms with E-state index in [0.717, 1.165) is 19.6 Å². The number of hydrogen-bond acceptors (Lipinski definition) is 3. The number of nitrogens with zero attached hydrogens (tertiary/aromatic N) is 1. The summed E-state index contributed by atoms with van der Waals surface area (Å²) in [7, 11) is -2.18. The second-order valence-electron chi connectivity index (χ2n) is 3.41. The lowest BCUT2D eigenvalue weighted by Crippen LogP contribution is -2.38. The summed E-state index contributed by atoms with van der Waals surface area (Å²) >= 11 is 0. The molecule has 0 amide bonds. The highest BCUT2D eigenvalue weighted by Gasteiger charge is 2.21. The van der Waals surface area contributed by atoms with Gasteiger partial charge in [0.25, 0.3) is 0 Å². The SMILES string of the molecule is CCCCN1CCS(O)(O)CC1.